The number of hydrogen-bond donors (Lipinski definition) is 3. The first kappa shape index (κ1) is 30.1. The Morgan fingerprint density at radius 3 is 2.73 bits per heavy atom. The number of likely N-dealkylation sites (N-methyl/N-ethyl adjacent to an activating group) is 1. The first-order valence-electron chi connectivity index (χ1n) is 13.8. The summed E-state index contributed by atoms with van der Waals surface area (Å²) in [7, 11) is 3.50. The number of methoxy groups -OCH3 is 1. The standard InChI is InChI=1S/C28H44ClF2N3O3/c1-32-18-23(17-20-10-12-22(30)13-11-20)33-27(35)34-15-6-7-21(19-34)28(36,14-3-4-16-37-2)24-8-5-9-25(31)26(24)29/h5,8-9,20-23,32,36H,3-4,6-7,10-19H2,1-2H3,(H,33,35)/t20-,21-,22-,23+,28-/m1/s1. The van der Waals surface area contributed by atoms with Crippen LogP contribution >= 0.6 is 11.6 Å². The Kier molecular flexibility index (Phi) is 11.9. The van der Waals surface area contributed by atoms with Crippen LogP contribution in [0.5, 0.6) is 0 Å². The number of carbonyl (C=O) groups is 1. The van der Waals surface area contributed by atoms with E-state index in [-0.39, 0.29) is 23.0 Å². The maximum atomic E-state index is 14.4. The third-order valence-electron chi connectivity index (χ3n) is 8.13. The number of likely N-dealkylation sites (tertiary alicyclic amines) is 1. The van der Waals surface area contributed by atoms with Crippen molar-refractivity contribution >= 4 is 17.6 Å². The molecule has 0 radical (unpaired) electrons. The fourth-order valence-electron chi connectivity index (χ4n) is 6.05. The molecule has 1 aliphatic carbocycles. The van der Waals surface area contributed by atoms with Crippen molar-refractivity contribution in [3.8, 4) is 0 Å². The molecule has 0 unspecified atom stereocenters. The Labute approximate surface area is 225 Å². The number of ether oxygens (including phenoxy) is 1. The van der Waals surface area contributed by atoms with Crippen LogP contribution in [0.2, 0.25) is 5.02 Å². The summed E-state index contributed by atoms with van der Waals surface area (Å²) in [5.74, 6) is -0.430. The predicted octanol–water partition coefficient (Wildman–Crippen LogP) is 5.41. The van der Waals surface area contributed by atoms with Gasteiger partial charge in [0.1, 0.15) is 12.0 Å². The molecule has 3 atom stereocenters. The highest BCUT2D eigenvalue weighted by Crippen LogP contribution is 2.43. The second-order valence-corrected chi connectivity index (χ2v) is 11.2. The number of hydrogen-bond acceptors (Lipinski definition) is 4. The lowest BCUT2D eigenvalue weighted by Gasteiger charge is -2.43. The normalized spacial score (nSPS) is 24.9. The van der Waals surface area contributed by atoms with E-state index < -0.39 is 17.6 Å². The fourth-order valence-corrected chi connectivity index (χ4v) is 6.34. The topological polar surface area (TPSA) is 73.8 Å². The summed E-state index contributed by atoms with van der Waals surface area (Å²) in [6.07, 6.45) is 6.34. The van der Waals surface area contributed by atoms with Crippen molar-refractivity contribution in [3.05, 3.63) is 34.6 Å². The van der Waals surface area contributed by atoms with Gasteiger partial charge in [-0.25, -0.2) is 13.6 Å². The maximum absolute atomic E-state index is 14.4. The van der Waals surface area contributed by atoms with Gasteiger partial charge in [0.05, 0.1) is 10.6 Å². The zero-order valence-electron chi connectivity index (χ0n) is 22.3. The molecule has 1 saturated carbocycles. The number of benzene rings is 1. The minimum absolute atomic E-state index is 0.0513. The van der Waals surface area contributed by atoms with Gasteiger partial charge >= 0.3 is 6.03 Å². The first-order chi connectivity index (χ1) is 17.8. The number of alkyl halides is 1. The number of nitrogens with one attached hydrogen (secondary N) is 2. The van der Waals surface area contributed by atoms with E-state index in [0.29, 0.717) is 69.8 Å². The van der Waals surface area contributed by atoms with Gasteiger partial charge in [0, 0.05) is 50.9 Å². The van der Waals surface area contributed by atoms with Gasteiger partial charge in [-0.1, -0.05) is 23.7 Å². The van der Waals surface area contributed by atoms with Gasteiger partial charge in [-0.3, -0.25) is 0 Å². The highest BCUT2D eigenvalue weighted by Gasteiger charge is 2.43. The lowest BCUT2D eigenvalue weighted by molar-refractivity contribution is -0.0565. The molecule has 2 amide bonds. The molecule has 1 aliphatic heterocycles. The monoisotopic (exact) mass is 543 g/mol. The first-order valence-corrected chi connectivity index (χ1v) is 14.2. The number of halogens is 3. The molecule has 1 heterocycles. The summed E-state index contributed by atoms with van der Waals surface area (Å²) >= 11 is 6.36. The zero-order chi connectivity index (χ0) is 26.8. The van der Waals surface area contributed by atoms with Gasteiger partial charge in [0.15, 0.2) is 0 Å². The van der Waals surface area contributed by atoms with Crippen molar-refractivity contribution in [1.82, 2.24) is 15.5 Å². The highest BCUT2D eigenvalue weighted by atomic mass is 35.5. The van der Waals surface area contributed by atoms with Crippen LogP contribution in [0, 0.1) is 17.7 Å². The molecule has 37 heavy (non-hydrogen) atoms. The van der Waals surface area contributed by atoms with E-state index in [1.54, 1.807) is 24.1 Å². The SMILES string of the molecule is CNC[C@H](C[C@H]1CC[C@H](F)CC1)NC(=O)N1CCC[C@@H]([C@](O)(CCCCOC)c2cccc(F)c2Cl)C1. The van der Waals surface area contributed by atoms with Crippen molar-refractivity contribution in [2.75, 3.05) is 40.4 Å². The number of carbonyl (C=O) groups excluding carboxylic acids is 1. The van der Waals surface area contributed by atoms with Gasteiger partial charge in [0.25, 0.3) is 0 Å². The number of piperidine rings is 1. The molecule has 210 valence electrons. The van der Waals surface area contributed by atoms with Crippen molar-refractivity contribution in [2.45, 2.75) is 82.0 Å². The molecular formula is C28H44ClF2N3O3. The number of aliphatic hydroxyl groups is 1. The smallest absolute Gasteiger partial charge is 0.317 e. The van der Waals surface area contributed by atoms with Crippen LogP contribution in [0.4, 0.5) is 13.6 Å². The van der Waals surface area contributed by atoms with Crippen LogP contribution in [-0.2, 0) is 10.3 Å². The number of amides is 2. The van der Waals surface area contributed by atoms with E-state index in [1.807, 2.05) is 7.05 Å². The lowest BCUT2D eigenvalue weighted by atomic mass is 9.74. The molecular weight excluding hydrogens is 500 g/mol. The molecule has 0 aromatic heterocycles. The Bertz CT molecular complexity index is 856. The zero-order valence-corrected chi connectivity index (χ0v) is 23.0. The Morgan fingerprint density at radius 2 is 2.03 bits per heavy atom. The Hall–Kier alpha value is -1.48. The molecule has 1 aromatic rings. The quantitative estimate of drug-likeness (QED) is 0.308. The van der Waals surface area contributed by atoms with Gasteiger partial charge in [-0.2, -0.15) is 0 Å². The minimum Gasteiger partial charge on any atom is -0.385 e. The maximum Gasteiger partial charge on any atom is 0.317 e. The summed E-state index contributed by atoms with van der Waals surface area (Å²) in [5.41, 5.74) is -0.975. The molecule has 1 saturated heterocycles. The van der Waals surface area contributed by atoms with E-state index >= 15 is 0 Å². The minimum atomic E-state index is -1.36. The second kappa shape index (κ2) is 14.6. The van der Waals surface area contributed by atoms with Crippen molar-refractivity contribution in [2.24, 2.45) is 11.8 Å². The van der Waals surface area contributed by atoms with Gasteiger partial charge in [-0.05, 0) is 83.2 Å². The highest BCUT2D eigenvalue weighted by molar-refractivity contribution is 6.31. The number of nitrogens with zero attached hydrogens (tertiary/aromatic N) is 1. The van der Waals surface area contributed by atoms with E-state index in [4.69, 9.17) is 16.3 Å². The summed E-state index contributed by atoms with van der Waals surface area (Å²) in [6, 6.07) is 4.35. The largest absolute Gasteiger partial charge is 0.385 e. The summed E-state index contributed by atoms with van der Waals surface area (Å²) in [6.45, 7) is 2.17. The van der Waals surface area contributed by atoms with Crippen LogP contribution in [-0.4, -0.2) is 68.6 Å². The van der Waals surface area contributed by atoms with Crippen LogP contribution < -0.4 is 10.6 Å². The molecule has 2 aliphatic rings. The molecule has 0 bridgehead atoms. The lowest BCUT2D eigenvalue weighted by Crippen LogP contribution is -2.54. The predicted molar refractivity (Wildman–Crippen MR) is 143 cm³/mol. The van der Waals surface area contributed by atoms with E-state index in [0.717, 1.165) is 32.1 Å². The third kappa shape index (κ3) is 8.25. The molecule has 1 aromatic carbocycles. The van der Waals surface area contributed by atoms with Crippen molar-refractivity contribution in [1.29, 1.82) is 0 Å². The number of urea groups is 1. The van der Waals surface area contributed by atoms with E-state index in [2.05, 4.69) is 10.6 Å². The Morgan fingerprint density at radius 1 is 1.27 bits per heavy atom. The van der Waals surface area contributed by atoms with Crippen molar-refractivity contribution in [3.63, 3.8) is 0 Å². The summed E-state index contributed by atoms with van der Waals surface area (Å²) in [5, 5.41) is 18.3. The third-order valence-corrected chi connectivity index (χ3v) is 8.51. The molecule has 9 heteroatoms. The average molecular weight is 544 g/mol. The van der Waals surface area contributed by atoms with Crippen LogP contribution in [0.1, 0.15) is 69.8 Å². The van der Waals surface area contributed by atoms with Crippen LogP contribution in [0.3, 0.4) is 0 Å². The molecule has 3 N–H and O–H groups in total. The second-order valence-electron chi connectivity index (χ2n) is 10.8. The van der Waals surface area contributed by atoms with Gasteiger partial charge < -0.3 is 25.4 Å². The van der Waals surface area contributed by atoms with Gasteiger partial charge in [0.2, 0.25) is 0 Å². The molecule has 3 rings (SSSR count). The fraction of sp³-hybridized carbons (Fsp3) is 0.750. The summed E-state index contributed by atoms with van der Waals surface area (Å²) in [4.78, 5) is 15.1. The number of unbranched alkanes of at least 4 members (excludes halogenated alkanes) is 1. The van der Waals surface area contributed by atoms with Crippen molar-refractivity contribution < 1.29 is 23.4 Å². The summed E-state index contributed by atoms with van der Waals surface area (Å²) < 4.78 is 33.1. The average Bonchev–Trinajstić information content (AvgIpc) is 2.89. The molecule has 0 spiro atoms. The Balaban J connectivity index is 1.70. The van der Waals surface area contributed by atoms with Crippen LogP contribution in [0.25, 0.3) is 0 Å². The van der Waals surface area contributed by atoms with Crippen LogP contribution in [0.15, 0.2) is 18.2 Å². The molecule has 6 nitrogen and oxygen atoms in total. The van der Waals surface area contributed by atoms with E-state index in [1.165, 1.54) is 6.07 Å². The van der Waals surface area contributed by atoms with E-state index in [9.17, 15) is 18.7 Å². The molecule has 2 fully saturated rings. The number of rotatable bonds is 12. The van der Waals surface area contributed by atoms with Gasteiger partial charge in [-0.15, -0.1) is 0 Å².